The maximum Gasteiger partial charge on any atom is 0.333 e. The first-order chi connectivity index (χ1) is 13.6. The summed E-state index contributed by atoms with van der Waals surface area (Å²) < 4.78 is 5.81. The molecule has 3 aromatic carbocycles. The fraction of sp³-hybridized carbons (Fsp3) is 0. The molecule has 3 aromatic rings. The van der Waals surface area contributed by atoms with E-state index in [-0.39, 0.29) is 5.70 Å². The molecular formula is C22H15ClN2O3. The molecule has 4 rings (SSSR count). The molecule has 0 bridgehead atoms. The van der Waals surface area contributed by atoms with Gasteiger partial charge in [0.15, 0.2) is 0 Å². The number of carbonyl (C=O) groups is 2. The van der Waals surface area contributed by atoms with Gasteiger partial charge in [-0.2, -0.15) is 0 Å². The van der Waals surface area contributed by atoms with E-state index in [1.165, 1.54) is 0 Å². The van der Waals surface area contributed by atoms with E-state index >= 15 is 0 Å². The summed E-state index contributed by atoms with van der Waals surface area (Å²) >= 11 is 5.87. The first kappa shape index (κ1) is 17.8. The van der Waals surface area contributed by atoms with Crippen molar-refractivity contribution in [3.8, 4) is 11.5 Å². The van der Waals surface area contributed by atoms with E-state index in [1.807, 2.05) is 48.5 Å². The van der Waals surface area contributed by atoms with Gasteiger partial charge in [-0.3, -0.25) is 4.79 Å². The van der Waals surface area contributed by atoms with Crippen LogP contribution in [0.25, 0.3) is 6.08 Å². The van der Waals surface area contributed by atoms with E-state index < -0.39 is 11.9 Å². The number of halogens is 1. The fourth-order valence-electron chi connectivity index (χ4n) is 2.82. The maximum atomic E-state index is 12.7. The highest BCUT2D eigenvalue weighted by molar-refractivity contribution is 6.31. The van der Waals surface area contributed by atoms with Crippen molar-refractivity contribution < 1.29 is 14.3 Å². The summed E-state index contributed by atoms with van der Waals surface area (Å²) in [6.07, 6.45) is 1.62. The van der Waals surface area contributed by atoms with Crippen LogP contribution in [0.1, 0.15) is 5.56 Å². The topological polar surface area (TPSA) is 58.6 Å². The van der Waals surface area contributed by atoms with Crippen molar-refractivity contribution in [3.63, 3.8) is 0 Å². The predicted octanol–water partition coefficient (Wildman–Crippen LogP) is 5.23. The summed E-state index contributed by atoms with van der Waals surface area (Å²) in [5, 5.41) is 3.14. The van der Waals surface area contributed by atoms with Gasteiger partial charge in [-0.05, 0) is 60.2 Å². The average Bonchev–Trinajstić information content (AvgIpc) is 2.97. The van der Waals surface area contributed by atoms with Crippen molar-refractivity contribution in [1.29, 1.82) is 0 Å². The molecule has 5 nitrogen and oxygen atoms in total. The number of anilines is 1. The van der Waals surface area contributed by atoms with Gasteiger partial charge in [0.1, 0.15) is 17.2 Å². The van der Waals surface area contributed by atoms with Gasteiger partial charge in [-0.15, -0.1) is 0 Å². The third-order valence-corrected chi connectivity index (χ3v) is 4.36. The average molecular weight is 391 g/mol. The number of ether oxygens (including phenoxy) is 1. The molecule has 28 heavy (non-hydrogen) atoms. The smallest absolute Gasteiger partial charge is 0.333 e. The van der Waals surface area contributed by atoms with Crippen LogP contribution in [-0.2, 0) is 4.79 Å². The van der Waals surface area contributed by atoms with Crippen LogP contribution in [0.2, 0.25) is 5.02 Å². The molecule has 1 aliphatic rings. The number of hydrogen-bond acceptors (Lipinski definition) is 3. The molecule has 138 valence electrons. The van der Waals surface area contributed by atoms with E-state index in [4.69, 9.17) is 16.3 Å². The van der Waals surface area contributed by atoms with E-state index in [0.717, 1.165) is 10.5 Å². The van der Waals surface area contributed by atoms with Crippen LogP contribution in [0.15, 0.2) is 84.6 Å². The van der Waals surface area contributed by atoms with Crippen molar-refractivity contribution in [2.24, 2.45) is 0 Å². The second kappa shape index (κ2) is 7.58. The number of urea groups is 1. The Labute approximate surface area is 166 Å². The van der Waals surface area contributed by atoms with E-state index in [9.17, 15) is 9.59 Å². The standard InChI is InChI=1S/C22H15ClN2O3/c23-16-9-11-17(12-10-16)25-21(26)20(24-22(25)27)14-15-5-4-8-19(13-15)28-18-6-2-1-3-7-18/h1-14H,(H,24,27)/b20-14+. The third-order valence-electron chi connectivity index (χ3n) is 4.11. The van der Waals surface area contributed by atoms with Gasteiger partial charge in [0.2, 0.25) is 0 Å². The monoisotopic (exact) mass is 390 g/mol. The molecule has 0 atom stereocenters. The van der Waals surface area contributed by atoms with Crippen LogP contribution >= 0.6 is 11.6 Å². The molecule has 0 aromatic heterocycles. The lowest BCUT2D eigenvalue weighted by Crippen LogP contribution is -2.30. The summed E-state index contributed by atoms with van der Waals surface area (Å²) in [7, 11) is 0. The molecule has 6 heteroatoms. The van der Waals surface area contributed by atoms with Crippen LogP contribution in [0.3, 0.4) is 0 Å². The quantitative estimate of drug-likeness (QED) is 0.490. The Morgan fingerprint density at radius 2 is 1.57 bits per heavy atom. The van der Waals surface area contributed by atoms with Crippen molar-refractivity contribution in [2.75, 3.05) is 4.90 Å². The van der Waals surface area contributed by atoms with Gasteiger partial charge >= 0.3 is 6.03 Å². The van der Waals surface area contributed by atoms with Crippen molar-refractivity contribution in [1.82, 2.24) is 5.32 Å². The number of rotatable bonds is 4. The summed E-state index contributed by atoms with van der Waals surface area (Å²) in [4.78, 5) is 26.0. The minimum atomic E-state index is -0.504. The molecule has 0 radical (unpaired) electrons. The molecule has 1 heterocycles. The Balaban J connectivity index is 1.57. The summed E-state index contributed by atoms with van der Waals surface area (Å²) in [6, 6.07) is 22.7. The van der Waals surface area contributed by atoms with Gasteiger partial charge in [0.05, 0.1) is 5.69 Å². The largest absolute Gasteiger partial charge is 0.457 e. The van der Waals surface area contributed by atoms with Gasteiger partial charge in [-0.1, -0.05) is 41.9 Å². The molecular weight excluding hydrogens is 376 g/mol. The zero-order valence-electron chi connectivity index (χ0n) is 14.6. The second-order valence-corrected chi connectivity index (χ2v) is 6.53. The molecule has 3 amide bonds. The van der Waals surface area contributed by atoms with Crippen LogP contribution in [-0.4, -0.2) is 11.9 Å². The van der Waals surface area contributed by atoms with E-state index in [0.29, 0.717) is 22.2 Å². The third kappa shape index (κ3) is 3.75. The van der Waals surface area contributed by atoms with Crippen LogP contribution in [0.4, 0.5) is 10.5 Å². The molecule has 1 saturated heterocycles. The lowest BCUT2D eigenvalue weighted by Gasteiger charge is -2.11. The summed E-state index contributed by atoms with van der Waals surface area (Å²) in [6.45, 7) is 0. The molecule has 1 N–H and O–H groups in total. The zero-order valence-corrected chi connectivity index (χ0v) is 15.4. The first-order valence-corrected chi connectivity index (χ1v) is 8.94. The Bertz CT molecular complexity index is 1060. The molecule has 0 saturated carbocycles. The predicted molar refractivity (Wildman–Crippen MR) is 108 cm³/mol. The minimum absolute atomic E-state index is 0.191. The number of imide groups is 1. The number of amides is 3. The minimum Gasteiger partial charge on any atom is -0.457 e. The Morgan fingerprint density at radius 3 is 2.32 bits per heavy atom. The lowest BCUT2D eigenvalue weighted by atomic mass is 10.1. The normalized spacial score (nSPS) is 15.0. The van der Waals surface area contributed by atoms with Crippen molar-refractivity contribution in [3.05, 3.63) is 95.1 Å². The Hall–Kier alpha value is -3.57. The molecule has 0 spiro atoms. The maximum absolute atomic E-state index is 12.7. The van der Waals surface area contributed by atoms with Gasteiger partial charge in [0.25, 0.3) is 5.91 Å². The SMILES string of the molecule is O=C1N/C(=C/c2cccc(Oc3ccccc3)c2)C(=O)N1c1ccc(Cl)cc1. The number of para-hydroxylation sites is 1. The number of benzene rings is 3. The lowest BCUT2D eigenvalue weighted by molar-refractivity contribution is -0.113. The van der Waals surface area contributed by atoms with Gasteiger partial charge in [-0.25, -0.2) is 9.69 Å². The van der Waals surface area contributed by atoms with Crippen molar-refractivity contribution in [2.45, 2.75) is 0 Å². The van der Waals surface area contributed by atoms with Gasteiger partial charge < -0.3 is 10.1 Å². The molecule has 1 aliphatic heterocycles. The number of hydrogen-bond donors (Lipinski definition) is 1. The molecule has 0 aliphatic carbocycles. The van der Waals surface area contributed by atoms with Crippen LogP contribution < -0.4 is 15.0 Å². The van der Waals surface area contributed by atoms with E-state index in [1.54, 1.807) is 36.4 Å². The zero-order chi connectivity index (χ0) is 19.5. The Kier molecular flexibility index (Phi) is 4.83. The van der Waals surface area contributed by atoms with Crippen LogP contribution in [0, 0.1) is 0 Å². The number of carbonyl (C=O) groups excluding carboxylic acids is 2. The highest BCUT2D eigenvalue weighted by Crippen LogP contribution is 2.26. The highest BCUT2D eigenvalue weighted by atomic mass is 35.5. The Morgan fingerprint density at radius 1 is 0.857 bits per heavy atom. The summed E-state index contributed by atoms with van der Waals surface area (Å²) in [5.74, 6) is 0.917. The van der Waals surface area contributed by atoms with Gasteiger partial charge in [0, 0.05) is 5.02 Å². The summed E-state index contributed by atoms with van der Waals surface area (Å²) in [5.41, 5.74) is 1.38. The highest BCUT2D eigenvalue weighted by Gasteiger charge is 2.34. The van der Waals surface area contributed by atoms with Crippen molar-refractivity contribution >= 4 is 35.3 Å². The van der Waals surface area contributed by atoms with E-state index in [2.05, 4.69) is 5.32 Å². The molecule has 0 unspecified atom stereocenters. The first-order valence-electron chi connectivity index (χ1n) is 8.56. The molecule has 1 fully saturated rings. The number of nitrogens with zero attached hydrogens (tertiary/aromatic N) is 1. The number of nitrogens with one attached hydrogen (secondary N) is 1. The fourth-order valence-corrected chi connectivity index (χ4v) is 2.94. The van der Waals surface area contributed by atoms with Crippen LogP contribution in [0.5, 0.6) is 11.5 Å². The second-order valence-electron chi connectivity index (χ2n) is 6.09.